The highest BCUT2D eigenvalue weighted by atomic mass is 16.5. The maximum atomic E-state index is 13.5. The van der Waals surface area contributed by atoms with Gasteiger partial charge >= 0.3 is 0 Å². The molecular formula is C27H33N5O2. The Bertz CT molecular complexity index is 1110. The minimum Gasteiger partial charge on any atom is -0.486 e. The minimum atomic E-state index is -0.0794. The third-order valence-corrected chi connectivity index (χ3v) is 6.02. The number of hydrogen-bond donors (Lipinski definition) is 2. The van der Waals surface area contributed by atoms with Crippen LogP contribution in [-0.2, 0) is 0 Å². The van der Waals surface area contributed by atoms with Crippen LogP contribution >= 0.6 is 0 Å². The lowest BCUT2D eigenvalue weighted by Crippen LogP contribution is -2.33. The minimum absolute atomic E-state index is 0.0539. The molecule has 0 saturated carbocycles. The van der Waals surface area contributed by atoms with Crippen molar-refractivity contribution in [3.63, 3.8) is 0 Å². The van der Waals surface area contributed by atoms with Gasteiger partial charge < -0.3 is 25.2 Å². The molecule has 2 heterocycles. The van der Waals surface area contributed by atoms with Crippen LogP contribution in [0.4, 0.5) is 17.2 Å². The van der Waals surface area contributed by atoms with E-state index in [1.807, 2.05) is 74.4 Å². The molecule has 1 aliphatic rings. The van der Waals surface area contributed by atoms with Crippen molar-refractivity contribution in [3.8, 4) is 5.75 Å². The predicted octanol–water partition coefficient (Wildman–Crippen LogP) is 4.34. The largest absolute Gasteiger partial charge is 0.486 e. The van der Waals surface area contributed by atoms with Crippen molar-refractivity contribution in [2.75, 3.05) is 55.4 Å². The smallest absolute Gasteiger partial charge is 0.262 e. The fourth-order valence-electron chi connectivity index (χ4n) is 4.19. The highest BCUT2D eigenvalue weighted by Crippen LogP contribution is 2.32. The summed E-state index contributed by atoms with van der Waals surface area (Å²) in [5.41, 5.74) is 3.44. The van der Waals surface area contributed by atoms with Crippen molar-refractivity contribution in [2.24, 2.45) is 0 Å². The maximum Gasteiger partial charge on any atom is 0.262 e. The first-order valence-corrected chi connectivity index (χ1v) is 11.8. The van der Waals surface area contributed by atoms with Gasteiger partial charge in [0.2, 0.25) is 0 Å². The van der Waals surface area contributed by atoms with E-state index in [0.717, 1.165) is 48.0 Å². The van der Waals surface area contributed by atoms with E-state index in [9.17, 15) is 4.79 Å². The summed E-state index contributed by atoms with van der Waals surface area (Å²) in [5.74, 6) is 1.47. The van der Waals surface area contributed by atoms with Crippen LogP contribution in [-0.4, -0.2) is 51.2 Å². The molecule has 7 nitrogen and oxygen atoms in total. The van der Waals surface area contributed by atoms with Gasteiger partial charge in [0, 0.05) is 57.1 Å². The number of aromatic nitrogens is 1. The summed E-state index contributed by atoms with van der Waals surface area (Å²) in [4.78, 5) is 21.9. The molecule has 0 aliphatic carbocycles. The molecular weight excluding hydrogens is 426 g/mol. The summed E-state index contributed by atoms with van der Waals surface area (Å²) >= 11 is 0. The average molecular weight is 460 g/mol. The molecule has 0 fully saturated rings. The highest BCUT2D eigenvalue weighted by molar-refractivity contribution is 6.10. The molecule has 0 bridgehead atoms. The van der Waals surface area contributed by atoms with Gasteiger partial charge in [0.05, 0.1) is 11.3 Å². The van der Waals surface area contributed by atoms with Crippen LogP contribution in [0.3, 0.4) is 0 Å². The number of fused-ring (bicyclic) bond motifs is 1. The van der Waals surface area contributed by atoms with Gasteiger partial charge in [0.15, 0.2) is 0 Å². The Labute approximate surface area is 201 Å². The Kier molecular flexibility index (Phi) is 7.65. The Morgan fingerprint density at radius 1 is 1.09 bits per heavy atom. The van der Waals surface area contributed by atoms with Crippen LogP contribution in [0.25, 0.3) is 0 Å². The van der Waals surface area contributed by atoms with E-state index in [2.05, 4.69) is 32.7 Å². The fraction of sp³-hybridized carbons (Fsp3) is 0.333. The van der Waals surface area contributed by atoms with E-state index in [0.29, 0.717) is 18.7 Å². The van der Waals surface area contributed by atoms with Crippen molar-refractivity contribution < 1.29 is 9.53 Å². The van der Waals surface area contributed by atoms with E-state index >= 15 is 0 Å². The first kappa shape index (κ1) is 23.6. The summed E-state index contributed by atoms with van der Waals surface area (Å²) in [6.07, 6.45) is 2.43. The number of carbonyl (C=O) groups is 1. The van der Waals surface area contributed by atoms with Crippen molar-refractivity contribution in [2.45, 2.75) is 19.4 Å². The van der Waals surface area contributed by atoms with Crippen molar-refractivity contribution in [1.82, 2.24) is 10.3 Å². The van der Waals surface area contributed by atoms with Crippen LogP contribution < -0.4 is 25.2 Å². The van der Waals surface area contributed by atoms with Gasteiger partial charge in [-0.05, 0) is 38.2 Å². The lowest BCUT2D eigenvalue weighted by Gasteiger charge is -2.24. The van der Waals surface area contributed by atoms with Crippen LogP contribution in [0, 0.1) is 0 Å². The molecule has 1 amide bonds. The molecule has 1 aliphatic heterocycles. The molecule has 1 atom stereocenters. The summed E-state index contributed by atoms with van der Waals surface area (Å²) in [7, 11) is 3.95. The molecule has 0 radical (unpaired) electrons. The zero-order valence-corrected chi connectivity index (χ0v) is 20.1. The molecule has 178 valence electrons. The number of benzene rings is 2. The number of likely N-dealkylation sites (N-methyl/N-ethyl adjacent to an activating group) is 1. The van der Waals surface area contributed by atoms with Crippen molar-refractivity contribution >= 4 is 23.1 Å². The number of hydrogen-bond acceptors (Lipinski definition) is 6. The van der Waals surface area contributed by atoms with Crippen LogP contribution in [0.15, 0.2) is 66.9 Å². The summed E-state index contributed by atoms with van der Waals surface area (Å²) in [6.45, 7) is 4.94. The second kappa shape index (κ2) is 11.0. The summed E-state index contributed by atoms with van der Waals surface area (Å²) in [5, 5.41) is 6.43. The van der Waals surface area contributed by atoms with Gasteiger partial charge in [-0.2, -0.15) is 0 Å². The van der Waals surface area contributed by atoms with Gasteiger partial charge in [-0.1, -0.05) is 36.4 Å². The van der Waals surface area contributed by atoms with Crippen molar-refractivity contribution in [3.05, 3.63) is 78.0 Å². The summed E-state index contributed by atoms with van der Waals surface area (Å²) < 4.78 is 6.42. The quantitative estimate of drug-likeness (QED) is 0.496. The number of carbonyl (C=O) groups excluding carboxylic acids is 1. The van der Waals surface area contributed by atoms with Gasteiger partial charge in [-0.3, -0.25) is 4.79 Å². The van der Waals surface area contributed by atoms with Gasteiger partial charge in [0.25, 0.3) is 5.91 Å². The molecule has 3 aromatic rings. The lowest BCUT2D eigenvalue weighted by molar-refractivity contribution is 0.0990. The number of amides is 1. The zero-order valence-electron chi connectivity index (χ0n) is 20.1. The Morgan fingerprint density at radius 3 is 2.68 bits per heavy atom. The molecule has 1 unspecified atom stereocenters. The van der Waals surface area contributed by atoms with Gasteiger partial charge in [-0.15, -0.1) is 0 Å². The number of nitrogens with zero attached hydrogens (tertiary/aromatic N) is 3. The molecule has 2 aromatic carbocycles. The first-order valence-electron chi connectivity index (χ1n) is 11.8. The zero-order chi connectivity index (χ0) is 23.9. The number of anilines is 3. The maximum absolute atomic E-state index is 13.5. The van der Waals surface area contributed by atoms with E-state index in [-0.39, 0.29) is 12.0 Å². The van der Waals surface area contributed by atoms with Gasteiger partial charge in [-0.25, -0.2) is 4.98 Å². The molecule has 4 rings (SSSR count). The van der Waals surface area contributed by atoms with Crippen molar-refractivity contribution in [1.29, 1.82) is 0 Å². The van der Waals surface area contributed by atoms with E-state index in [1.54, 1.807) is 6.20 Å². The molecule has 0 spiro atoms. The SMILES string of the molecule is CCNc1cc2c(cn1)C(=O)N(c1cccc(OC(CCNC)c3ccccc3)c1)CCN2C. The van der Waals surface area contributed by atoms with Crippen LogP contribution in [0.5, 0.6) is 5.75 Å². The lowest BCUT2D eigenvalue weighted by atomic mass is 10.1. The second-order valence-electron chi connectivity index (χ2n) is 8.40. The highest BCUT2D eigenvalue weighted by Gasteiger charge is 2.27. The normalized spacial score (nSPS) is 14.4. The van der Waals surface area contributed by atoms with E-state index < -0.39 is 0 Å². The second-order valence-corrected chi connectivity index (χ2v) is 8.40. The first-order chi connectivity index (χ1) is 16.6. The molecule has 0 saturated heterocycles. The topological polar surface area (TPSA) is 69.7 Å². The third-order valence-electron chi connectivity index (χ3n) is 6.02. The average Bonchev–Trinajstić information content (AvgIpc) is 2.99. The number of nitrogens with one attached hydrogen (secondary N) is 2. The molecule has 1 aromatic heterocycles. The predicted molar refractivity (Wildman–Crippen MR) is 138 cm³/mol. The van der Waals surface area contributed by atoms with Crippen LogP contribution in [0.1, 0.15) is 35.4 Å². The number of ether oxygens (including phenoxy) is 1. The number of rotatable bonds is 9. The fourth-order valence-corrected chi connectivity index (χ4v) is 4.19. The Hall–Kier alpha value is -3.58. The number of pyridine rings is 1. The molecule has 7 heteroatoms. The van der Waals surface area contributed by atoms with E-state index in [4.69, 9.17) is 4.74 Å². The standard InChI is InChI=1S/C27H33N5O2/c1-4-29-26-18-24-23(19-30-26)27(33)32(16-15-31(24)3)21-11-8-12-22(17-21)34-25(13-14-28-2)20-9-6-5-7-10-20/h5-12,17-19,25,28H,4,13-16H2,1-3H3,(H,29,30). The Balaban J connectivity index is 1.59. The third kappa shape index (κ3) is 5.31. The van der Waals surface area contributed by atoms with Crippen LogP contribution in [0.2, 0.25) is 0 Å². The summed E-state index contributed by atoms with van der Waals surface area (Å²) in [6, 6.07) is 20.0. The Morgan fingerprint density at radius 2 is 1.91 bits per heavy atom. The van der Waals surface area contributed by atoms with Gasteiger partial charge in [0.1, 0.15) is 17.7 Å². The molecule has 2 N–H and O–H groups in total. The molecule has 34 heavy (non-hydrogen) atoms. The van der Waals surface area contributed by atoms with E-state index in [1.165, 1.54) is 0 Å². The monoisotopic (exact) mass is 459 g/mol.